The Bertz CT molecular complexity index is 1580. The highest BCUT2D eigenvalue weighted by atomic mass is 32.2. The van der Waals surface area contributed by atoms with Gasteiger partial charge in [-0.3, -0.25) is 14.2 Å². The number of nitrogens with zero attached hydrogens (tertiary/aromatic N) is 2. The lowest BCUT2D eigenvalue weighted by atomic mass is 10.1. The topological polar surface area (TPSA) is 79.8 Å². The van der Waals surface area contributed by atoms with E-state index in [1.54, 1.807) is 4.57 Å². The van der Waals surface area contributed by atoms with Crippen LogP contribution in [0.4, 0.5) is 5.69 Å². The number of rotatable bonds is 5. The first-order valence-electron chi connectivity index (χ1n) is 11.0. The largest absolute Gasteiger partial charge is 0.349 e. The van der Waals surface area contributed by atoms with E-state index in [-0.39, 0.29) is 17.2 Å². The van der Waals surface area contributed by atoms with Gasteiger partial charge in [0.2, 0.25) is 5.91 Å². The average molecular weight is 469 g/mol. The van der Waals surface area contributed by atoms with Crippen LogP contribution in [0.25, 0.3) is 27.6 Å². The number of aryl methyl sites for hydroxylation is 3. The Morgan fingerprint density at radius 1 is 0.971 bits per heavy atom. The van der Waals surface area contributed by atoms with E-state index in [9.17, 15) is 9.59 Å². The summed E-state index contributed by atoms with van der Waals surface area (Å²) in [6.45, 7) is 6.00. The van der Waals surface area contributed by atoms with Gasteiger partial charge in [-0.15, -0.1) is 0 Å². The van der Waals surface area contributed by atoms with Crippen molar-refractivity contribution in [3.05, 3.63) is 93.8 Å². The molecule has 0 atom stereocenters. The molecule has 7 heteroatoms. The first kappa shape index (κ1) is 22.0. The maximum Gasteiger partial charge on any atom is 0.283 e. The van der Waals surface area contributed by atoms with Crippen molar-refractivity contribution >= 4 is 45.3 Å². The fourth-order valence-corrected chi connectivity index (χ4v) is 4.92. The highest BCUT2D eigenvalue weighted by Gasteiger charge is 2.18. The van der Waals surface area contributed by atoms with Crippen LogP contribution in [0.1, 0.15) is 16.7 Å². The third-order valence-corrected chi connectivity index (χ3v) is 6.57. The Morgan fingerprint density at radius 3 is 2.41 bits per heavy atom. The molecule has 2 heterocycles. The second kappa shape index (κ2) is 8.83. The van der Waals surface area contributed by atoms with Crippen LogP contribution < -0.4 is 10.9 Å². The molecule has 2 aromatic heterocycles. The number of aromatic nitrogens is 3. The zero-order chi connectivity index (χ0) is 23.8. The minimum Gasteiger partial charge on any atom is -0.349 e. The Balaban J connectivity index is 1.58. The van der Waals surface area contributed by atoms with Gasteiger partial charge in [0.15, 0.2) is 5.16 Å². The van der Waals surface area contributed by atoms with Crippen LogP contribution in [-0.4, -0.2) is 26.2 Å². The lowest BCUT2D eigenvalue weighted by Crippen LogP contribution is -2.23. The lowest BCUT2D eigenvalue weighted by molar-refractivity contribution is -0.113. The van der Waals surface area contributed by atoms with Crippen molar-refractivity contribution in [3.63, 3.8) is 0 Å². The summed E-state index contributed by atoms with van der Waals surface area (Å²) >= 11 is 1.25. The Kier molecular flexibility index (Phi) is 5.71. The molecule has 0 saturated heterocycles. The molecule has 0 aliphatic rings. The van der Waals surface area contributed by atoms with E-state index in [0.717, 1.165) is 39.0 Å². The van der Waals surface area contributed by atoms with Gasteiger partial charge < -0.3 is 10.3 Å². The Labute approximate surface area is 201 Å². The van der Waals surface area contributed by atoms with Crippen LogP contribution in [0, 0.1) is 20.8 Å². The molecular formula is C27H24N4O2S. The van der Waals surface area contributed by atoms with Crippen LogP contribution in [0.15, 0.2) is 76.7 Å². The number of para-hydroxylation sites is 1. The van der Waals surface area contributed by atoms with Gasteiger partial charge in [-0.25, -0.2) is 4.98 Å². The summed E-state index contributed by atoms with van der Waals surface area (Å²) in [5.74, 6) is -0.0343. The number of fused-ring (bicyclic) bond motifs is 3. The molecule has 0 saturated carbocycles. The molecule has 170 valence electrons. The van der Waals surface area contributed by atoms with Crippen LogP contribution in [0.2, 0.25) is 0 Å². The molecule has 0 spiro atoms. The fraction of sp³-hybridized carbons (Fsp3) is 0.148. The first-order valence-corrected chi connectivity index (χ1v) is 12.0. The summed E-state index contributed by atoms with van der Waals surface area (Å²) in [6, 6.07) is 21.4. The molecule has 5 rings (SSSR count). The number of carbonyl (C=O) groups excluding carboxylic acids is 1. The minimum absolute atomic E-state index is 0.124. The van der Waals surface area contributed by atoms with Crippen molar-refractivity contribution in [1.82, 2.24) is 14.5 Å². The predicted molar refractivity (Wildman–Crippen MR) is 139 cm³/mol. The standard InChI is InChI=1S/C27H24N4O2S/c1-16-8-10-19(11-9-16)28-23(32)15-34-27-30-24-21-6-4-5-7-22(21)29-25(24)26(33)31(27)20-13-17(2)12-18(3)14-20/h4-14,29H,15H2,1-3H3,(H,28,32). The molecule has 34 heavy (non-hydrogen) atoms. The first-order chi connectivity index (χ1) is 16.4. The molecule has 3 aromatic carbocycles. The molecular weight excluding hydrogens is 444 g/mol. The molecule has 5 aromatic rings. The van der Waals surface area contributed by atoms with E-state index in [4.69, 9.17) is 4.98 Å². The number of aromatic amines is 1. The van der Waals surface area contributed by atoms with E-state index >= 15 is 0 Å². The number of anilines is 1. The van der Waals surface area contributed by atoms with Crippen LogP contribution in [-0.2, 0) is 4.79 Å². The summed E-state index contributed by atoms with van der Waals surface area (Å²) in [5.41, 5.74) is 6.43. The van der Waals surface area contributed by atoms with Gasteiger partial charge in [0.05, 0.1) is 11.4 Å². The van der Waals surface area contributed by atoms with Gasteiger partial charge in [-0.2, -0.15) is 0 Å². The van der Waals surface area contributed by atoms with Gasteiger partial charge in [-0.1, -0.05) is 53.7 Å². The monoisotopic (exact) mass is 468 g/mol. The number of thioether (sulfide) groups is 1. The maximum atomic E-state index is 13.7. The summed E-state index contributed by atoms with van der Waals surface area (Å²) in [6.07, 6.45) is 0. The van der Waals surface area contributed by atoms with Crippen LogP contribution >= 0.6 is 11.8 Å². The van der Waals surface area contributed by atoms with E-state index in [1.165, 1.54) is 11.8 Å². The Hall–Kier alpha value is -3.84. The maximum absolute atomic E-state index is 13.7. The highest BCUT2D eigenvalue weighted by molar-refractivity contribution is 7.99. The number of hydrogen-bond acceptors (Lipinski definition) is 4. The van der Waals surface area contributed by atoms with E-state index in [0.29, 0.717) is 16.2 Å². The predicted octanol–water partition coefficient (Wildman–Crippen LogP) is 5.52. The third kappa shape index (κ3) is 4.22. The Morgan fingerprint density at radius 2 is 1.68 bits per heavy atom. The van der Waals surface area contributed by atoms with E-state index in [2.05, 4.69) is 16.4 Å². The fourth-order valence-electron chi connectivity index (χ4n) is 4.11. The molecule has 2 N–H and O–H groups in total. The summed E-state index contributed by atoms with van der Waals surface area (Å²) in [4.78, 5) is 34.5. The number of carbonyl (C=O) groups is 1. The average Bonchev–Trinajstić information content (AvgIpc) is 3.18. The van der Waals surface area contributed by atoms with Crippen molar-refractivity contribution in [2.75, 3.05) is 11.1 Å². The second-order valence-corrected chi connectivity index (χ2v) is 9.42. The quantitative estimate of drug-likeness (QED) is 0.263. The zero-order valence-corrected chi connectivity index (χ0v) is 20.0. The molecule has 1 amide bonds. The van der Waals surface area contributed by atoms with E-state index < -0.39 is 0 Å². The van der Waals surface area contributed by atoms with Gasteiger partial charge >= 0.3 is 0 Å². The smallest absolute Gasteiger partial charge is 0.283 e. The van der Waals surface area contributed by atoms with Gasteiger partial charge in [-0.05, 0) is 62.2 Å². The third-order valence-electron chi connectivity index (χ3n) is 5.63. The van der Waals surface area contributed by atoms with Gasteiger partial charge in [0.1, 0.15) is 11.0 Å². The molecule has 0 bridgehead atoms. The van der Waals surface area contributed by atoms with Gasteiger partial charge in [0, 0.05) is 16.6 Å². The van der Waals surface area contributed by atoms with Crippen molar-refractivity contribution in [3.8, 4) is 5.69 Å². The number of hydrogen-bond donors (Lipinski definition) is 2. The van der Waals surface area contributed by atoms with Crippen molar-refractivity contribution < 1.29 is 4.79 Å². The highest BCUT2D eigenvalue weighted by Crippen LogP contribution is 2.27. The SMILES string of the molecule is Cc1ccc(NC(=O)CSc2nc3c([nH]c4ccccc43)c(=O)n2-c2cc(C)cc(C)c2)cc1. The van der Waals surface area contributed by atoms with Crippen LogP contribution in [0.5, 0.6) is 0 Å². The number of nitrogens with one attached hydrogen (secondary N) is 2. The second-order valence-electron chi connectivity index (χ2n) is 8.48. The number of benzene rings is 3. The van der Waals surface area contributed by atoms with Crippen molar-refractivity contribution in [2.45, 2.75) is 25.9 Å². The number of amides is 1. The van der Waals surface area contributed by atoms with Crippen molar-refractivity contribution in [2.24, 2.45) is 0 Å². The summed E-state index contributed by atoms with van der Waals surface area (Å²) in [7, 11) is 0. The molecule has 0 radical (unpaired) electrons. The molecule has 0 aliphatic carbocycles. The zero-order valence-electron chi connectivity index (χ0n) is 19.2. The minimum atomic E-state index is -0.187. The van der Waals surface area contributed by atoms with Crippen molar-refractivity contribution in [1.29, 1.82) is 0 Å². The van der Waals surface area contributed by atoms with Gasteiger partial charge in [0.25, 0.3) is 5.56 Å². The normalized spacial score (nSPS) is 11.3. The number of H-pyrrole nitrogens is 1. The summed E-state index contributed by atoms with van der Waals surface area (Å²) in [5, 5.41) is 4.27. The molecule has 0 fully saturated rings. The molecule has 0 unspecified atom stereocenters. The molecule has 0 aliphatic heterocycles. The molecule has 6 nitrogen and oxygen atoms in total. The summed E-state index contributed by atoms with van der Waals surface area (Å²) < 4.78 is 1.60. The van der Waals surface area contributed by atoms with Crippen LogP contribution in [0.3, 0.4) is 0 Å². The lowest BCUT2D eigenvalue weighted by Gasteiger charge is -2.13. The van der Waals surface area contributed by atoms with E-state index in [1.807, 2.05) is 81.4 Å².